The van der Waals surface area contributed by atoms with Crippen molar-refractivity contribution in [3.8, 4) is 0 Å². The number of halogens is 2. The highest BCUT2D eigenvalue weighted by atomic mass is 19.1. The second-order valence-corrected chi connectivity index (χ2v) is 5.41. The Morgan fingerprint density at radius 3 is 2.61 bits per heavy atom. The van der Waals surface area contributed by atoms with Crippen LogP contribution in [0.4, 0.5) is 8.78 Å². The molecule has 98 valence electrons. The van der Waals surface area contributed by atoms with E-state index >= 15 is 0 Å². The summed E-state index contributed by atoms with van der Waals surface area (Å²) in [5.74, 6) is -0.999. The number of likely N-dealkylation sites (tertiary alicyclic amines) is 1. The lowest BCUT2D eigenvalue weighted by molar-refractivity contribution is -0.134. The van der Waals surface area contributed by atoms with E-state index in [0.29, 0.717) is 25.1 Å². The zero-order chi connectivity index (χ0) is 13.3. The third kappa shape index (κ3) is 2.52. The first kappa shape index (κ1) is 13.0. The topological polar surface area (TPSA) is 20.3 Å². The van der Waals surface area contributed by atoms with Gasteiger partial charge in [-0.1, -0.05) is 19.9 Å². The van der Waals surface area contributed by atoms with Crippen LogP contribution in [0, 0.1) is 17.0 Å². The molecule has 1 fully saturated rings. The minimum Gasteiger partial charge on any atom is -0.342 e. The number of nitrogens with zero attached hydrogens (tertiary/aromatic N) is 1. The molecule has 1 aliphatic heterocycles. The van der Waals surface area contributed by atoms with Gasteiger partial charge in [0.15, 0.2) is 0 Å². The van der Waals surface area contributed by atoms with Crippen LogP contribution in [0.2, 0.25) is 0 Å². The van der Waals surface area contributed by atoms with Gasteiger partial charge in [0.2, 0.25) is 5.91 Å². The van der Waals surface area contributed by atoms with E-state index in [-0.39, 0.29) is 11.3 Å². The molecule has 0 saturated carbocycles. The maximum absolute atomic E-state index is 13.4. The highest BCUT2D eigenvalue weighted by Gasteiger charge is 2.38. The summed E-state index contributed by atoms with van der Waals surface area (Å²) in [5.41, 5.74) is 0.148. The fourth-order valence-corrected chi connectivity index (χ4v) is 2.24. The van der Waals surface area contributed by atoms with Crippen molar-refractivity contribution in [1.29, 1.82) is 0 Å². The predicted molar refractivity (Wildman–Crippen MR) is 65.0 cm³/mol. The molecule has 0 atom stereocenters. The Morgan fingerprint density at radius 2 is 2.06 bits per heavy atom. The Bertz CT molecular complexity index is 471. The van der Waals surface area contributed by atoms with Crippen molar-refractivity contribution in [3.63, 3.8) is 0 Å². The normalized spacial score (nSPS) is 18.4. The van der Waals surface area contributed by atoms with Crippen molar-refractivity contribution in [2.75, 3.05) is 13.1 Å². The average Bonchev–Trinajstić information content (AvgIpc) is 2.54. The number of carbonyl (C=O) groups is 1. The molecule has 4 heteroatoms. The van der Waals surface area contributed by atoms with Crippen molar-refractivity contribution >= 4 is 5.91 Å². The van der Waals surface area contributed by atoms with Crippen LogP contribution >= 0.6 is 0 Å². The number of hydrogen-bond acceptors (Lipinski definition) is 1. The molecule has 1 amide bonds. The van der Waals surface area contributed by atoms with Gasteiger partial charge in [-0.3, -0.25) is 4.79 Å². The number of hydrogen-bond donors (Lipinski definition) is 0. The molecule has 1 saturated heterocycles. The van der Waals surface area contributed by atoms with E-state index in [4.69, 9.17) is 0 Å². The first-order valence-electron chi connectivity index (χ1n) is 6.13. The fourth-order valence-electron chi connectivity index (χ4n) is 2.24. The SMILES string of the molecule is CC1(C)CCN(CCc2ccc(F)cc2F)C1=O. The first-order valence-corrected chi connectivity index (χ1v) is 6.13. The van der Waals surface area contributed by atoms with E-state index in [9.17, 15) is 13.6 Å². The lowest BCUT2D eigenvalue weighted by atomic mass is 9.92. The third-order valence-electron chi connectivity index (χ3n) is 3.54. The maximum Gasteiger partial charge on any atom is 0.228 e. The van der Waals surface area contributed by atoms with Crippen LogP contribution in [-0.4, -0.2) is 23.9 Å². The van der Waals surface area contributed by atoms with Gasteiger partial charge in [-0.25, -0.2) is 8.78 Å². The summed E-state index contributed by atoms with van der Waals surface area (Å²) in [5, 5.41) is 0. The first-order chi connectivity index (χ1) is 8.40. The summed E-state index contributed by atoms with van der Waals surface area (Å²) in [7, 11) is 0. The van der Waals surface area contributed by atoms with Crippen LogP contribution in [0.25, 0.3) is 0 Å². The van der Waals surface area contributed by atoms with E-state index in [2.05, 4.69) is 0 Å². The molecule has 0 bridgehead atoms. The molecule has 0 radical (unpaired) electrons. The molecule has 18 heavy (non-hydrogen) atoms. The van der Waals surface area contributed by atoms with Crippen LogP contribution in [0.5, 0.6) is 0 Å². The summed E-state index contributed by atoms with van der Waals surface area (Å²) < 4.78 is 26.2. The van der Waals surface area contributed by atoms with Gasteiger partial charge >= 0.3 is 0 Å². The Kier molecular flexibility index (Phi) is 3.37. The zero-order valence-corrected chi connectivity index (χ0v) is 10.7. The van der Waals surface area contributed by atoms with Gasteiger partial charge in [0.05, 0.1) is 0 Å². The van der Waals surface area contributed by atoms with Gasteiger partial charge in [-0.05, 0) is 24.5 Å². The fraction of sp³-hybridized carbons (Fsp3) is 0.500. The van der Waals surface area contributed by atoms with Crippen LogP contribution in [-0.2, 0) is 11.2 Å². The second kappa shape index (κ2) is 4.67. The molecule has 1 aromatic carbocycles. The molecule has 0 N–H and O–H groups in total. The Morgan fingerprint density at radius 1 is 1.33 bits per heavy atom. The standard InChI is InChI=1S/C14H17F2NO/c1-14(2)6-8-17(13(14)18)7-5-10-3-4-11(15)9-12(10)16/h3-4,9H,5-8H2,1-2H3. The van der Waals surface area contributed by atoms with Gasteiger partial charge in [0.25, 0.3) is 0 Å². The summed E-state index contributed by atoms with van der Waals surface area (Å²) >= 11 is 0. The second-order valence-electron chi connectivity index (χ2n) is 5.41. The Hall–Kier alpha value is -1.45. The monoisotopic (exact) mass is 253 g/mol. The van der Waals surface area contributed by atoms with Gasteiger partial charge in [0.1, 0.15) is 11.6 Å². The quantitative estimate of drug-likeness (QED) is 0.811. The highest BCUT2D eigenvalue weighted by Crippen LogP contribution is 2.30. The van der Waals surface area contributed by atoms with Gasteiger partial charge in [-0.15, -0.1) is 0 Å². The highest BCUT2D eigenvalue weighted by molar-refractivity contribution is 5.83. The molecule has 0 unspecified atom stereocenters. The van der Waals surface area contributed by atoms with Crippen LogP contribution in [0.3, 0.4) is 0 Å². The smallest absolute Gasteiger partial charge is 0.228 e. The molecular formula is C14H17F2NO. The molecule has 0 aliphatic carbocycles. The van der Waals surface area contributed by atoms with Crippen molar-refractivity contribution in [3.05, 3.63) is 35.4 Å². The molecule has 1 heterocycles. The summed E-state index contributed by atoms with van der Waals surface area (Å²) in [4.78, 5) is 13.7. The minimum atomic E-state index is -0.574. The lowest BCUT2D eigenvalue weighted by Crippen LogP contribution is -2.32. The molecule has 2 rings (SSSR count). The van der Waals surface area contributed by atoms with E-state index in [0.717, 1.165) is 12.5 Å². The molecule has 2 nitrogen and oxygen atoms in total. The van der Waals surface area contributed by atoms with E-state index < -0.39 is 11.6 Å². The number of carbonyl (C=O) groups excluding carboxylic acids is 1. The van der Waals surface area contributed by atoms with Gasteiger partial charge in [0, 0.05) is 24.6 Å². The van der Waals surface area contributed by atoms with Crippen LogP contribution < -0.4 is 0 Å². The molecule has 1 aliphatic rings. The van der Waals surface area contributed by atoms with Crippen LogP contribution in [0.1, 0.15) is 25.8 Å². The predicted octanol–water partition coefficient (Wildman–Crippen LogP) is 2.77. The van der Waals surface area contributed by atoms with Crippen molar-refractivity contribution in [1.82, 2.24) is 4.90 Å². The lowest BCUT2D eigenvalue weighted by Gasteiger charge is -2.19. The van der Waals surface area contributed by atoms with Crippen molar-refractivity contribution in [2.45, 2.75) is 26.7 Å². The zero-order valence-electron chi connectivity index (χ0n) is 10.7. The molecule has 0 spiro atoms. The van der Waals surface area contributed by atoms with E-state index in [1.54, 1.807) is 4.90 Å². The minimum absolute atomic E-state index is 0.116. The molecule has 0 aromatic heterocycles. The van der Waals surface area contributed by atoms with E-state index in [1.165, 1.54) is 12.1 Å². The number of rotatable bonds is 3. The Labute approximate surface area is 106 Å². The summed E-state index contributed by atoms with van der Waals surface area (Å²) in [6, 6.07) is 3.57. The largest absolute Gasteiger partial charge is 0.342 e. The summed E-state index contributed by atoms with van der Waals surface area (Å²) in [6.07, 6.45) is 1.26. The summed E-state index contributed by atoms with van der Waals surface area (Å²) in [6.45, 7) is 5.06. The molecule has 1 aromatic rings. The van der Waals surface area contributed by atoms with E-state index in [1.807, 2.05) is 13.8 Å². The molecular weight excluding hydrogens is 236 g/mol. The number of benzene rings is 1. The van der Waals surface area contributed by atoms with Crippen molar-refractivity contribution < 1.29 is 13.6 Å². The average molecular weight is 253 g/mol. The Balaban J connectivity index is 1.99. The van der Waals surface area contributed by atoms with Crippen LogP contribution in [0.15, 0.2) is 18.2 Å². The number of amides is 1. The van der Waals surface area contributed by atoms with Gasteiger partial charge < -0.3 is 4.90 Å². The third-order valence-corrected chi connectivity index (χ3v) is 3.54. The maximum atomic E-state index is 13.4. The van der Waals surface area contributed by atoms with Crippen molar-refractivity contribution in [2.24, 2.45) is 5.41 Å². The van der Waals surface area contributed by atoms with Gasteiger partial charge in [-0.2, -0.15) is 0 Å².